The number of aliphatic hydroxyl groups excluding tert-OH is 1. The number of carbonyl (C=O) groups excluding carboxylic acids is 1. The fourth-order valence-corrected chi connectivity index (χ4v) is 2.74. The maximum atomic E-state index is 12.5. The van der Waals surface area contributed by atoms with Crippen LogP contribution < -0.4 is 0 Å². The van der Waals surface area contributed by atoms with Gasteiger partial charge in [-0.05, 0) is 37.8 Å². The Morgan fingerprint density at radius 3 is 2.90 bits per heavy atom. The molecule has 0 aliphatic carbocycles. The SMILES string of the molecule is O=C(c1cc(O)ccc1[N+](=O)[O-])N1CCCC1CCCO. The van der Waals surface area contributed by atoms with E-state index in [1.54, 1.807) is 4.90 Å². The second kappa shape index (κ2) is 6.53. The maximum absolute atomic E-state index is 12.5. The third-order valence-electron chi connectivity index (χ3n) is 3.74. The largest absolute Gasteiger partial charge is 0.508 e. The summed E-state index contributed by atoms with van der Waals surface area (Å²) in [4.78, 5) is 24.6. The normalized spacial score (nSPS) is 18.0. The highest BCUT2D eigenvalue weighted by Crippen LogP contribution is 2.29. The third kappa shape index (κ3) is 3.30. The van der Waals surface area contributed by atoms with Gasteiger partial charge in [0.15, 0.2) is 0 Å². The maximum Gasteiger partial charge on any atom is 0.282 e. The number of carbonyl (C=O) groups is 1. The van der Waals surface area contributed by atoms with Gasteiger partial charge in [0, 0.05) is 25.3 Å². The Bertz CT molecular complexity index is 546. The van der Waals surface area contributed by atoms with Crippen LogP contribution in [0.2, 0.25) is 0 Å². The quantitative estimate of drug-likeness (QED) is 0.635. The van der Waals surface area contributed by atoms with Gasteiger partial charge in [0.1, 0.15) is 11.3 Å². The monoisotopic (exact) mass is 294 g/mol. The van der Waals surface area contributed by atoms with Gasteiger partial charge in [0.25, 0.3) is 11.6 Å². The van der Waals surface area contributed by atoms with E-state index in [0.29, 0.717) is 19.4 Å². The molecule has 0 saturated carbocycles. The number of phenols is 1. The summed E-state index contributed by atoms with van der Waals surface area (Å²) in [5, 5.41) is 29.4. The van der Waals surface area contributed by atoms with Gasteiger partial charge >= 0.3 is 0 Å². The van der Waals surface area contributed by atoms with Crippen LogP contribution in [0.3, 0.4) is 0 Å². The average Bonchev–Trinajstić information content (AvgIpc) is 2.92. The summed E-state index contributed by atoms with van der Waals surface area (Å²) in [7, 11) is 0. The fourth-order valence-electron chi connectivity index (χ4n) is 2.74. The molecule has 1 fully saturated rings. The number of rotatable bonds is 5. The molecule has 0 radical (unpaired) electrons. The lowest BCUT2D eigenvalue weighted by Gasteiger charge is -2.24. The first-order valence-corrected chi connectivity index (χ1v) is 6.94. The summed E-state index contributed by atoms with van der Waals surface area (Å²) >= 11 is 0. The molecule has 0 spiro atoms. The zero-order chi connectivity index (χ0) is 15.4. The molecule has 1 atom stereocenters. The Labute approximate surface area is 122 Å². The predicted octanol–water partition coefficient (Wildman–Crippen LogP) is 1.68. The van der Waals surface area contributed by atoms with Crippen molar-refractivity contribution >= 4 is 11.6 Å². The number of hydrogen-bond donors (Lipinski definition) is 2. The van der Waals surface area contributed by atoms with Crippen LogP contribution in [0.25, 0.3) is 0 Å². The van der Waals surface area contributed by atoms with Gasteiger partial charge in [-0.2, -0.15) is 0 Å². The van der Waals surface area contributed by atoms with Crippen molar-refractivity contribution in [3.63, 3.8) is 0 Å². The van der Waals surface area contributed by atoms with E-state index in [2.05, 4.69) is 0 Å². The highest BCUT2D eigenvalue weighted by molar-refractivity contribution is 5.98. The van der Waals surface area contributed by atoms with Crippen molar-refractivity contribution < 1.29 is 19.9 Å². The number of nitro benzene ring substituents is 1. The highest BCUT2D eigenvalue weighted by Gasteiger charge is 2.32. The van der Waals surface area contributed by atoms with Crippen molar-refractivity contribution in [2.24, 2.45) is 0 Å². The molecule has 1 unspecified atom stereocenters. The molecule has 7 nitrogen and oxygen atoms in total. The van der Waals surface area contributed by atoms with Gasteiger partial charge in [0.2, 0.25) is 0 Å². The minimum Gasteiger partial charge on any atom is -0.508 e. The molecule has 1 aliphatic heterocycles. The van der Waals surface area contributed by atoms with E-state index in [9.17, 15) is 20.0 Å². The first-order valence-electron chi connectivity index (χ1n) is 6.94. The van der Waals surface area contributed by atoms with Crippen LogP contribution in [0, 0.1) is 10.1 Å². The van der Waals surface area contributed by atoms with Gasteiger partial charge in [-0.3, -0.25) is 14.9 Å². The van der Waals surface area contributed by atoms with Gasteiger partial charge in [-0.15, -0.1) is 0 Å². The van der Waals surface area contributed by atoms with E-state index in [1.807, 2.05) is 0 Å². The van der Waals surface area contributed by atoms with E-state index >= 15 is 0 Å². The molecule has 2 N–H and O–H groups in total. The molecule has 1 amide bonds. The molecule has 2 rings (SSSR count). The molecule has 0 bridgehead atoms. The van der Waals surface area contributed by atoms with Crippen molar-refractivity contribution in [3.8, 4) is 5.75 Å². The first kappa shape index (κ1) is 15.2. The van der Waals surface area contributed by atoms with E-state index in [-0.39, 0.29) is 29.6 Å². The highest BCUT2D eigenvalue weighted by atomic mass is 16.6. The van der Waals surface area contributed by atoms with Gasteiger partial charge in [-0.25, -0.2) is 0 Å². The summed E-state index contributed by atoms with van der Waals surface area (Å²) < 4.78 is 0. The van der Waals surface area contributed by atoms with E-state index in [0.717, 1.165) is 25.0 Å². The minimum atomic E-state index is -0.620. The number of hydrogen-bond acceptors (Lipinski definition) is 5. The minimum absolute atomic E-state index is 0.00777. The Balaban J connectivity index is 2.26. The molecular weight excluding hydrogens is 276 g/mol. The van der Waals surface area contributed by atoms with Gasteiger partial charge < -0.3 is 15.1 Å². The number of benzene rings is 1. The molecule has 114 valence electrons. The summed E-state index contributed by atoms with van der Waals surface area (Å²) in [5.41, 5.74) is -0.387. The second-order valence-corrected chi connectivity index (χ2v) is 5.12. The zero-order valence-electron chi connectivity index (χ0n) is 11.6. The summed E-state index contributed by atoms with van der Waals surface area (Å²) in [5.74, 6) is -0.604. The van der Waals surface area contributed by atoms with E-state index in [1.165, 1.54) is 6.07 Å². The summed E-state index contributed by atoms with van der Waals surface area (Å²) in [6, 6.07) is 3.47. The Kier molecular flexibility index (Phi) is 4.74. The predicted molar refractivity (Wildman–Crippen MR) is 75.1 cm³/mol. The number of nitrogens with zero attached hydrogens (tertiary/aromatic N) is 2. The third-order valence-corrected chi connectivity index (χ3v) is 3.74. The van der Waals surface area contributed by atoms with Crippen LogP contribution in [0.15, 0.2) is 18.2 Å². The molecule has 1 aromatic carbocycles. The van der Waals surface area contributed by atoms with Crippen LogP contribution >= 0.6 is 0 Å². The molecule has 0 aromatic heterocycles. The Morgan fingerprint density at radius 2 is 2.24 bits per heavy atom. The molecule has 21 heavy (non-hydrogen) atoms. The molecule has 1 heterocycles. The van der Waals surface area contributed by atoms with Crippen LogP contribution in [-0.2, 0) is 0 Å². The van der Waals surface area contributed by atoms with Crippen molar-refractivity contribution in [1.82, 2.24) is 4.90 Å². The fraction of sp³-hybridized carbons (Fsp3) is 0.500. The van der Waals surface area contributed by atoms with Crippen LogP contribution in [0.4, 0.5) is 5.69 Å². The van der Waals surface area contributed by atoms with Crippen molar-refractivity contribution in [1.29, 1.82) is 0 Å². The second-order valence-electron chi connectivity index (χ2n) is 5.12. The van der Waals surface area contributed by atoms with Crippen molar-refractivity contribution in [3.05, 3.63) is 33.9 Å². The summed E-state index contributed by atoms with van der Waals surface area (Å²) in [6.07, 6.45) is 2.94. The Hall–Kier alpha value is -2.15. The van der Waals surface area contributed by atoms with Crippen LogP contribution in [0.5, 0.6) is 5.75 Å². The average molecular weight is 294 g/mol. The van der Waals surface area contributed by atoms with Crippen molar-refractivity contribution in [2.45, 2.75) is 31.7 Å². The molecule has 1 aromatic rings. The van der Waals surface area contributed by atoms with E-state index in [4.69, 9.17) is 5.11 Å². The molecule has 1 aliphatic rings. The lowest BCUT2D eigenvalue weighted by atomic mass is 10.1. The first-order chi connectivity index (χ1) is 10.0. The molecular formula is C14H18N2O5. The van der Waals surface area contributed by atoms with Gasteiger partial charge in [0.05, 0.1) is 4.92 Å². The topological polar surface area (TPSA) is 104 Å². The van der Waals surface area contributed by atoms with Crippen LogP contribution in [-0.4, -0.2) is 45.1 Å². The number of likely N-dealkylation sites (tertiary alicyclic amines) is 1. The number of aromatic hydroxyl groups is 1. The number of amides is 1. The number of nitro groups is 1. The standard InChI is InChI=1S/C14H18N2O5/c17-8-2-4-10-3-1-7-15(10)14(19)12-9-11(18)5-6-13(12)16(20)21/h5-6,9-10,17-18H,1-4,7-8H2. The van der Waals surface area contributed by atoms with E-state index < -0.39 is 10.8 Å². The van der Waals surface area contributed by atoms with Crippen LogP contribution in [0.1, 0.15) is 36.0 Å². The lowest BCUT2D eigenvalue weighted by molar-refractivity contribution is -0.385. The van der Waals surface area contributed by atoms with Gasteiger partial charge in [-0.1, -0.05) is 0 Å². The molecule has 7 heteroatoms. The van der Waals surface area contributed by atoms with Crippen molar-refractivity contribution in [2.75, 3.05) is 13.2 Å². The smallest absolute Gasteiger partial charge is 0.282 e. The molecule has 1 saturated heterocycles. The summed E-state index contributed by atoms with van der Waals surface area (Å²) in [6.45, 7) is 0.604. The number of phenolic OH excluding ortho intramolecular Hbond substituents is 1. The zero-order valence-corrected chi connectivity index (χ0v) is 11.6. The number of aliphatic hydroxyl groups is 1. The Morgan fingerprint density at radius 1 is 1.48 bits per heavy atom. The lowest BCUT2D eigenvalue weighted by Crippen LogP contribution is -2.36.